The van der Waals surface area contributed by atoms with Crippen LogP contribution in [0.1, 0.15) is 67.7 Å². The molecule has 2 N–H and O–H groups in total. The average molecular weight is 297 g/mol. The normalized spacial score (nSPS) is 22.9. The van der Waals surface area contributed by atoms with E-state index in [0.29, 0.717) is 6.04 Å². The molecule has 1 aliphatic heterocycles. The van der Waals surface area contributed by atoms with E-state index in [1.54, 1.807) is 0 Å². The number of carbonyl (C=O) groups is 1. The Morgan fingerprint density at radius 2 is 1.76 bits per heavy atom. The fourth-order valence-corrected chi connectivity index (χ4v) is 2.80. The van der Waals surface area contributed by atoms with E-state index in [9.17, 15) is 4.79 Å². The molecular weight excluding hydrogens is 262 g/mol. The number of piperidine rings is 1. The predicted octanol–water partition coefficient (Wildman–Crippen LogP) is 2.53. The Bertz CT molecular complexity index is 341. The Balaban J connectivity index is 2.65. The van der Waals surface area contributed by atoms with Crippen molar-refractivity contribution in [1.82, 2.24) is 15.5 Å². The van der Waals surface area contributed by atoms with Crippen LogP contribution in [-0.2, 0) is 4.79 Å². The van der Waals surface area contributed by atoms with Crippen molar-refractivity contribution < 1.29 is 4.79 Å². The van der Waals surface area contributed by atoms with Crippen LogP contribution >= 0.6 is 0 Å². The lowest BCUT2D eigenvalue weighted by molar-refractivity contribution is -0.128. The number of carbonyl (C=O) groups excluding carboxylic acids is 1. The van der Waals surface area contributed by atoms with Gasteiger partial charge in [0.1, 0.15) is 0 Å². The fraction of sp³-hybridized carbons (Fsp3) is 0.941. The second-order valence-electron chi connectivity index (χ2n) is 8.43. The van der Waals surface area contributed by atoms with E-state index in [0.717, 1.165) is 13.1 Å². The average Bonchev–Trinajstić information content (AvgIpc) is 2.33. The lowest BCUT2D eigenvalue weighted by Crippen LogP contribution is -2.57. The van der Waals surface area contributed by atoms with E-state index in [-0.39, 0.29) is 23.0 Å². The van der Waals surface area contributed by atoms with Crippen molar-refractivity contribution in [2.75, 3.05) is 13.1 Å². The van der Waals surface area contributed by atoms with Crippen LogP contribution in [0.2, 0.25) is 0 Å². The third-order valence-electron chi connectivity index (χ3n) is 3.92. The van der Waals surface area contributed by atoms with Crippen LogP contribution in [0.3, 0.4) is 0 Å². The summed E-state index contributed by atoms with van der Waals surface area (Å²) >= 11 is 0. The zero-order chi connectivity index (χ0) is 16.3. The second kappa shape index (κ2) is 7.10. The summed E-state index contributed by atoms with van der Waals surface area (Å²) in [5.41, 5.74) is -0.0414. The van der Waals surface area contributed by atoms with Crippen molar-refractivity contribution in [2.24, 2.45) is 0 Å². The molecule has 1 saturated heterocycles. The highest BCUT2D eigenvalue weighted by Crippen LogP contribution is 2.20. The molecular formula is C17H35N3O. The summed E-state index contributed by atoms with van der Waals surface area (Å²) < 4.78 is 0. The zero-order valence-electron chi connectivity index (χ0n) is 15.0. The van der Waals surface area contributed by atoms with Gasteiger partial charge in [0.15, 0.2) is 0 Å². The summed E-state index contributed by atoms with van der Waals surface area (Å²) in [5, 5.41) is 6.70. The predicted molar refractivity (Wildman–Crippen MR) is 89.5 cm³/mol. The first-order valence-electron chi connectivity index (χ1n) is 8.32. The Morgan fingerprint density at radius 3 is 2.29 bits per heavy atom. The minimum atomic E-state index is -0.166. The van der Waals surface area contributed by atoms with E-state index in [1.165, 1.54) is 19.3 Å². The molecule has 4 heteroatoms. The van der Waals surface area contributed by atoms with E-state index in [2.05, 4.69) is 36.3 Å². The quantitative estimate of drug-likeness (QED) is 0.838. The van der Waals surface area contributed by atoms with Crippen LogP contribution in [0.25, 0.3) is 0 Å². The summed E-state index contributed by atoms with van der Waals surface area (Å²) in [6.45, 7) is 16.7. The molecule has 0 radical (unpaired) electrons. The van der Waals surface area contributed by atoms with E-state index >= 15 is 0 Å². The Morgan fingerprint density at radius 1 is 1.14 bits per heavy atom. The maximum atomic E-state index is 12.4. The number of rotatable bonds is 4. The third kappa shape index (κ3) is 6.79. The van der Waals surface area contributed by atoms with Gasteiger partial charge in [-0.2, -0.15) is 0 Å². The van der Waals surface area contributed by atoms with Gasteiger partial charge in [0.25, 0.3) is 0 Å². The molecule has 0 aromatic rings. The van der Waals surface area contributed by atoms with Gasteiger partial charge in [-0.3, -0.25) is 9.69 Å². The van der Waals surface area contributed by atoms with Crippen molar-refractivity contribution in [3.05, 3.63) is 0 Å². The van der Waals surface area contributed by atoms with Gasteiger partial charge in [-0.05, 0) is 67.9 Å². The van der Waals surface area contributed by atoms with Gasteiger partial charge in [-0.25, -0.2) is 0 Å². The number of nitrogens with zero attached hydrogens (tertiary/aromatic N) is 1. The molecule has 1 heterocycles. The molecule has 0 saturated carbocycles. The highest BCUT2D eigenvalue weighted by Gasteiger charge is 2.31. The first kappa shape index (κ1) is 18.4. The molecule has 0 spiro atoms. The molecule has 0 aromatic carbocycles. The zero-order valence-corrected chi connectivity index (χ0v) is 15.0. The Hall–Kier alpha value is -0.610. The Labute approximate surface area is 131 Å². The number of likely N-dealkylation sites (tertiary alicyclic amines) is 1. The molecule has 1 fully saturated rings. The van der Waals surface area contributed by atoms with Gasteiger partial charge < -0.3 is 10.6 Å². The highest BCUT2D eigenvalue weighted by molar-refractivity contribution is 5.82. The summed E-state index contributed by atoms with van der Waals surface area (Å²) in [4.78, 5) is 14.8. The second-order valence-corrected chi connectivity index (χ2v) is 8.43. The minimum Gasteiger partial charge on any atom is -0.350 e. The van der Waals surface area contributed by atoms with Gasteiger partial charge in [-0.1, -0.05) is 6.42 Å². The summed E-state index contributed by atoms with van der Waals surface area (Å²) in [7, 11) is 0. The van der Waals surface area contributed by atoms with Crippen molar-refractivity contribution in [1.29, 1.82) is 0 Å². The maximum absolute atomic E-state index is 12.4. The molecule has 0 bridgehead atoms. The highest BCUT2D eigenvalue weighted by atomic mass is 16.2. The standard InChI is InChI=1S/C17H35N3O/c1-13(15(21)19-17(5,6)7)20-11-9-8-10-14(20)12-18-16(2,3)4/h13-14,18H,8-12H2,1-7H3,(H,19,21). The Kier molecular flexibility index (Phi) is 6.23. The minimum absolute atomic E-state index is 0.0590. The molecule has 1 amide bonds. The van der Waals surface area contributed by atoms with Crippen LogP contribution in [0.15, 0.2) is 0 Å². The van der Waals surface area contributed by atoms with Crippen molar-refractivity contribution in [3.63, 3.8) is 0 Å². The molecule has 4 nitrogen and oxygen atoms in total. The van der Waals surface area contributed by atoms with Crippen molar-refractivity contribution >= 4 is 5.91 Å². The van der Waals surface area contributed by atoms with Crippen LogP contribution < -0.4 is 10.6 Å². The molecule has 1 rings (SSSR count). The van der Waals surface area contributed by atoms with Crippen LogP contribution in [0, 0.1) is 0 Å². The number of amides is 1. The molecule has 0 aromatic heterocycles. The topological polar surface area (TPSA) is 44.4 Å². The molecule has 2 unspecified atom stereocenters. The number of hydrogen-bond acceptors (Lipinski definition) is 3. The number of nitrogens with one attached hydrogen (secondary N) is 2. The third-order valence-corrected chi connectivity index (χ3v) is 3.92. The monoisotopic (exact) mass is 297 g/mol. The van der Waals surface area contributed by atoms with Crippen molar-refractivity contribution in [3.8, 4) is 0 Å². The molecule has 2 atom stereocenters. The van der Waals surface area contributed by atoms with Crippen LogP contribution in [-0.4, -0.2) is 47.1 Å². The lowest BCUT2D eigenvalue weighted by Gasteiger charge is -2.41. The molecule has 0 aliphatic carbocycles. The SMILES string of the molecule is CC(C(=O)NC(C)(C)C)N1CCCCC1CNC(C)(C)C. The van der Waals surface area contributed by atoms with Crippen LogP contribution in [0.5, 0.6) is 0 Å². The molecule has 124 valence electrons. The summed E-state index contributed by atoms with van der Waals surface area (Å²) in [6, 6.07) is 0.398. The summed E-state index contributed by atoms with van der Waals surface area (Å²) in [5.74, 6) is 0.144. The van der Waals surface area contributed by atoms with Gasteiger partial charge in [0.2, 0.25) is 5.91 Å². The first-order chi connectivity index (χ1) is 9.49. The largest absolute Gasteiger partial charge is 0.350 e. The first-order valence-corrected chi connectivity index (χ1v) is 8.32. The van der Waals surface area contributed by atoms with Crippen molar-refractivity contribution in [2.45, 2.75) is 90.9 Å². The van der Waals surface area contributed by atoms with Gasteiger partial charge in [0.05, 0.1) is 6.04 Å². The van der Waals surface area contributed by atoms with E-state index < -0.39 is 0 Å². The van der Waals surface area contributed by atoms with Crippen LogP contribution in [0.4, 0.5) is 0 Å². The lowest BCUT2D eigenvalue weighted by atomic mass is 9.98. The van der Waals surface area contributed by atoms with E-state index in [1.807, 2.05) is 27.7 Å². The van der Waals surface area contributed by atoms with Gasteiger partial charge >= 0.3 is 0 Å². The number of hydrogen-bond donors (Lipinski definition) is 2. The summed E-state index contributed by atoms with van der Waals surface area (Å²) in [6.07, 6.45) is 3.63. The molecule has 21 heavy (non-hydrogen) atoms. The smallest absolute Gasteiger partial charge is 0.237 e. The van der Waals surface area contributed by atoms with Gasteiger partial charge in [0, 0.05) is 23.7 Å². The molecule has 1 aliphatic rings. The maximum Gasteiger partial charge on any atom is 0.237 e. The fourth-order valence-electron chi connectivity index (χ4n) is 2.80. The van der Waals surface area contributed by atoms with Gasteiger partial charge in [-0.15, -0.1) is 0 Å². The van der Waals surface area contributed by atoms with E-state index in [4.69, 9.17) is 0 Å².